The van der Waals surface area contributed by atoms with Crippen LogP contribution in [-0.4, -0.2) is 10.8 Å². The third-order valence-corrected chi connectivity index (χ3v) is 5.88. The molecule has 1 N–H and O–H groups in total. The number of nitrogens with one attached hydrogen (secondary N) is 1. The van der Waals surface area contributed by atoms with Crippen molar-refractivity contribution in [3.05, 3.63) is 95.8 Å². The van der Waals surface area contributed by atoms with E-state index < -0.39 is 11.7 Å². The summed E-state index contributed by atoms with van der Waals surface area (Å²) in [6.45, 7) is 0. The standard InChI is InChI=1S/C25H13F3N2O/c26-25(27,28)16-8-5-14(6-9-16)15-7-10-20-19(13-15)17-11-12-30-21-4-2-1-3-18(21)24(31)23(30)22(17)29-20/h1-13H/p+1. The molecule has 0 fully saturated rings. The van der Waals surface area contributed by atoms with E-state index in [1.165, 1.54) is 12.1 Å². The van der Waals surface area contributed by atoms with Crippen molar-refractivity contribution in [3.63, 3.8) is 0 Å². The van der Waals surface area contributed by atoms with Gasteiger partial charge in [0.25, 0.3) is 11.5 Å². The molecule has 0 unspecified atom stereocenters. The van der Waals surface area contributed by atoms with Crippen LogP contribution in [-0.2, 0) is 6.18 Å². The lowest BCUT2D eigenvalue weighted by molar-refractivity contribution is -0.592. The third-order valence-electron chi connectivity index (χ3n) is 5.88. The minimum atomic E-state index is -4.36. The van der Waals surface area contributed by atoms with Gasteiger partial charge in [-0.05, 0) is 41.5 Å². The fourth-order valence-corrected chi connectivity index (χ4v) is 4.37. The number of benzene rings is 3. The minimum Gasteiger partial charge on any atom is -0.349 e. The van der Waals surface area contributed by atoms with Gasteiger partial charge >= 0.3 is 6.18 Å². The zero-order chi connectivity index (χ0) is 21.3. The topological polar surface area (TPSA) is 36.7 Å². The summed E-state index contributed by atoms with van der Waals surface area (Å²) in [5, 5.41) is 1.82. The van der Waals surface area contributed by atoms with Crippen LogP contribution in [0.5, 0.6) is 0 Å². The maximum Gasteiger partial charge on any atom is 0.416 e. The SMILES string of the molecule is O=C1c2ccccc2-[n+]2ccc3c([nH]c4ccc(-c5ccc(C(F)(F)F)cc5)cc43)c21. The number of carbonyl (C=O) groups excluding carboxylic acids is 1. The van der Waals surface area contributed by atoms with Crippen LogP contribution in [0.25, 0.3) is 38.6 Å². The molecule has 0 radical (unpaired) electrons. The summed E-state index contributed by atoms with van der Waals surface area (Å²) < 4.78 is 40.5. The van der Waals surface area contributed by atoms with Crippen LogP contribution in [0.1, 0.15) is 21.6 Å². The van der Waals surface area contributed by atoms with E-state index in [1.807, 2.05) is 59.3 Å². The van der Waals surface area contributed by atoms with E-state index in [4.69, 9.17) is 0 Å². The van der Waals surface area contributed by atoms with Gasteiger partial charge in [0.05, 0.1) is 5.56 Å². The second kappa shape index (κ2) is 6.04. The molecule has 5 aromatic rings. The largest absolute Gasteiger partial charge is 0.416 e. The van der Waals surface area contributed by atoms with Crippen LogP contribution in [0.15, 0.2) is 79.0 Å². The molecule has 31 heavy (non-hydrogen) atoms. The molecule has 1 aliphatic rings. The summed E-state index contributed by atoms with van der Waals surface area (Å²) >= 11 is 0. The molecule has 3 heterocycles. The highest BCUT2D eigenvalue weighted by Crippen LogP contribution is 2.35. The van der Waals surface area contributed by atoms with Crippen molar-refractivity contribution in [2.24, 2.45) is 0 Å². The number of para-hydroxylation sites is 1. The van der Waals surface area contributed by atoms with Crippen LogP contribution < -0.4 is 4.57 Å². The van der Waals surface area contributed by atoms with Gasteiger partial charge < -0.3 is 4.98 Å². The monoisotopic (exact) mass is 415 g/mol. The summed E-state index contributed by atoms with van der Waals surface area (Å²) in [5.41, 5.74) is 4.56. The van der Waals surface area contributed by atoms with E-state index in [9.17, 15) is 18.0 Å². The molecular formula is C25H14F3N2O+. The number of ketones is 1. The third kappa shape index (κ3) is 2.54. The number of alkyl halides is 3. The number of aromatic amines is 1. The average Bonchev–Trinajstić information content (AvgIpc) is 3.28. The number of H-pyrrole nitrogens is 1. The number of hydrogen-bond acceptors (Lipinski definition) is 1. The van der Waals surface area contributed by atoms with Gasteiger partial charge in [-0.15, -0.1) is 0 Å². The van der Waals surface area contributed by atoms with Crippen LogP contribution >= 0.6 is 0 Å². The highest BCUT2D eigenvalue weighted by atomic mass is 19.4. The summed E-state index contributed by atoms with van der Waals surface area (Å²) in [6, 6.07) is 20.3. The Morgan fingerprint density at radius 1 is 0.806 bits per heavy atom. The number of hydrogen-bond donors (Lipinski definition) is 1. The van der Waals surface area contributed by atoms with Crippen molar-refractivity contribution in [3.8, 4) is 16.8 Å². The fraction of sp³-hybridized carbons (Fsp3) is 0.0400. The maximum atomic E-state index is 13.0. The lowest BCUT2D eigenvalue weighted by Crippen LogP contribution is -2.31. The molecule has 0 bridgehead atoms. The van der Waals surface area contributed by atoms with Gasteiger partial charge in [-0.1, -0.05) is 30.3 Å². The molecule has 1 aliphatic heterocycles. The van der Waals surface area contributed by atoms with Crippen LogP contribution in [0.4, 0.5) is 13.2 Å². The van der Waals surface area contributed by atoms with Gasteiger partial charge in [-0.25, -0.2) is 0 Å². The zero-order valence-electron chi connectivity index (χ0n) is 16.0. The fourth-order valence-electron chi connectivity index (χ4n) is 4.37. The Balaban J connectivity index is 1.52. The molecule has 6 rings (SSSR count). The molecule has 0 aliphatic carbocycles. The number of halogens is 3. The van der Waals surface area contributed by atoms with E-state index in [0.29, 0.717) is 16.8 Å². The van der Waals surface area contributed by atoms with E-state index in [-0.39, 0.29) is 5.78 Å². The van der Waals surface area contributed by atoms with Crippen LogP contribution in [0.3, 0.4) is 0 Å². The second-order valence-electron chi connectivity index (χ2n) is 7.63. The summed E-state index contributed by atoms with van der Waals surface area (Å²) in [7, 11) is 0. The van der Waals surface area contributed by atoms with E-state index in [1.54, 1.807) is 0 Å². The average molecular weight is 415 g/mol. The van der Waals surface area contributed by atoms with Crippen molar-refractivity contribution >= 4 is 27.6 Å². The molecular weight excluding hydrogens is 401 g/mol. The quantitative estimate of drug-likeness (QED) is 0.337. The Morgan fingerprint density at radius 3 is 2.32 bits per heavy atom. The first kappa shape index (κ1) is 17.9. The minimum absolute atomic E-state index is 0.0317. The molecule has 0 atom stereocenters. The number of aromatic nitrogens is 2. The van der Waals surface area contributed by atoms with Gasteiger partial charge in [-0.3, -0.25) is 4.79 Å². The van der Waals surface area contributed by atoms with Crippen molar-refractivity contribution in [2.45, 2.75) is 6.18 Å². The highest BCUT2D eigenvalue weighted by molar-refractivity contribution is 6.20. The molecule has 0 saturated carbocycles. The van der Waals surface area contributed by atoms with Crippen LogP contribution in [0.2, 0.25) is 0 Å². The Bertz CT molecular complexity index is 1530. The first-order valence-electron chi connectivity index (χ1n) is 9.74. The molecule has 2 aromatic heterocycles. The van der Waals surface area contributed by atoms with Crippen LogP contribution in [0, 0.1) is 0 Å². The Morgan fingerprint density at radius 2 is 1.55 bits per heavy atom. The molecule has 0 amide bonds. The second-order valence-corrected chi connectivity index (χ2v) is 7.63. The zero-order valence-corrected chi connectivity index (χ0v) is 16.0. The molecule has 0 saturated heterocycles. The summed E-state index contributed by atoms with van der Waals surface area (Å²) in [6.07, 6.45) is -2.47. The van der Waals surface area contributed by atoms with E-state index in [2.05, 4.69) is 4.98 Å². The smallest absolute Gasteiger partial charge is 0.349 e. The molecule has 3 aromatic carbocycles. The summed E-state index contributed by atoms with van der Waals surface area (Å²) in [5.74, 6) is -0.0317. The number of pyridine rings is 1. The number of rotatable bonds is 1. The van der Waals surface area contributed by atoms with E-state index in [0.717, 1.165) is 45.2 Å². The van der Waals surface area contributed by atoms with Gasteiger partial charge in [-0.2, -0.15) is 17.7 Å². The first-order chi connectivity index (χ1) is 14.9. The molecule has 6 heteroatoms. The predicted octanol–water partition coefficient (Wildman–Crippen LogP) is 5.83. The maximum absolute atomic E-state index is 13.0. The van der Waals surface area contributed by atoms with Gasteiger partial charge in [0.2, 0.25) is 5.69 Å². The Labute approximate surface area is 174 Å². The van der Waals surface area contributed by atoms with Crippen molar-refractivity contribution in [1.29, 1.82) is 0 Å². The summed E-state index contributed by atoms with van der Waals surface area (Å²) in [4.78, 5) is 16.4. The predicted molar refractivity (Wildman–Crippen MR) is 111 cm³/mol. The van der Waals surface area contributed by atoms with Crippen molar-refractivity contribution in [2.75, 3.05) is 0 Å². The van der Waals surface area contributed by atoms with Crippen molar-refractivity contribution < 1.29 is 22.5 Å². The lowest BCUT2D eigenvalue weighted by Gasteiger charge is -2.08. The molecule has 0 spiro atoms. The number of fused-ring (bicyclic) bond motifs is 7. The van der Waals surface area contributed by atoms with Crippen molar-refractivity contribution in [1.82, 2.24) is 4.98 Å². The Hall–Kier alpha value is -3.93. The van der Waals surface area contributed by atoms with Gasteiger partial charge in [0.1, 0.15) is 11.1 Å². The normalized spacial score (nSPS) is 13.1. The van der Waals surface area contributed by atoms with E-state index >= 15 is 0 Å². The number of nitrogens with zero attached hydrogens (tertiary/aromatic N) is 1. The van der Waals surface area contributed by atoms with Gasteiger partial charge in [0.15, 0.2) is 6.20 Å². The molecule has 3 nitrogen and oxygen atoms in total. The lowest BCUT2D eigenvalue weighted by atomic mass is 10.0. The first-order valence-corrected chi connectivity index (χ1v) is 9.74. The number of carbonyl (C=O) groups is 1. The van der Waals surface area contributed by atoms with Gasteiger partial charge in [0, 0.05) is 28.4 Å². The highest BCUT2D eigenvalue weighted by Gasteiger charge is 2.38. The Kier molecular flexibility index (Phi) is 3.49. The molecule has 150 valence electrons.